The predicted molar refractivity (Wildman–Crippen MR) is 209 cm³/mol. The maximum absolute atomic E-state index is 13.4. The van der Waals surface area contributed by atoms with Crippen LogP contribution in [-0.4, -0.2) is 67.9 Å². The number of carbonyl (C=O) groups excluding carboxylic acids is 3. The number of amides is 2. The molecule has 11 heteroatoms. The van der Waals surface area contributed by atoms with Crippen LogP contribution in [0.15, 0.2) is 121 Å². The van der Waals surface area contributed by atoms with E-state index >= 15 is 0 Å². The summed E-state index contributed by atoms with van der Waals surface area (Å²) in [6, 6.07) is 32.8. The van der Waals surface area contributed by atoms with E-state index in [2.05, 4.69) is 27.5 Å². The van der Waals surface area contributed by atoms with E-state index in [1.54, 1.807) is 104 Å². The highest BCUT2D eigenvalue weighted by Crippen LogP contribution is 2.29. The number of carboxylic acid groups (broad SMARTS) is 1. The lowest BCUT2D eigenvalue weighted by atomic mass is 9.96. The maximum Gasteiger partial charge on any atom is 0.337 e. The summed E-state index contributed by atoms with van der Waals surface area (Å²) in [6.45, 7) is 1.03. The van der Waals surface area contributed by atoms with Crippen molar-refractivity contribution in [3.63, 3.8) is 0 Å². The Morgan fingerprint density at radius 3 is 2.13 bits per heavy atom. The molecule has 2 amide bonds. The molecule has 0 radical (unpaired) electrons. The van der Waals surface area contributed by atoms with Crippen LogP contribution in [0.1, 0.15) is 47.1 Å². The largest absolute Gasteiger partial charge is 0.478 e. The number of nitrogens with one attached hydrogen (secondary N) is 2. The fourth-order valence-corrected chi connectivity index (χ4v) is 5.80. The average Bonchev–Trinajstić information content (AvgIpc) is 3.22. The number of ether oxygens (including phenoxy) is 3. The summed E-state index contributed by atoms with van der Waals surface area (Å²) >= 11 is 0. The smallest absolute Gasteiger partial charge is 0.337 e. The van der Waals surface area contributed by atoms with Crippen LogP contribution >= 0.6 is 0 Å². The van der Waals surface area contributed by atoms with E-state index in [4.69, 9.17) is 14.2 Å². The molecule has 0 aliphatic carbocycles. The number of fused-ring (bicyclic) bond motifs is 1. The summed E-state index contributed by atoms with van der Waals surface area (Å²) in [5, 5.41) is 16.5. The molecule has 11 nitrogen and oxygen atoms in total. The van der Waals surface area contributed by atoms with Crippen molar-refractivity contribution in [2.75, 3.05) is 44.7 Å². The van der Waals surface area contributed by atoms with Gasteiger partial charge in [0.15, 0.2) is 0 Å². The Kier molecular flexibility index (Phi) is 12.0. The standard InChI is InChI=1S/C44H35N3O8/c1-53-24-25-55-23-5-8-32-26-33(17-21-36(32)29-11-13-31(14-12-29)44(52)54-2)41(48)46-35-19-15-28(16-20-35)34-18-22-39(45-27-34)42(49)47-38-10-4-7-30-6-3-9-37(40(30)38)43(50)51/h3-4,6-7,9-22,26-27H,23-25H2,1-2H3,(H,46,48)(H,47,49)(H,50,51). The molecule has 0 saturated heterocycles. The first-order valence-corrected chi connectivity index (χ1v) is 17.1. The molecule has 0 bridgehead atoms. The molecule has 6 rings (SSSR count). The van der Waals surface area contributed by atoms with Crippen molar-refractivity contribution in [3.8, 4) is 34.1 Å². The number of esters is 1. The zero-order valence-corrected chi connectivity index (χ0v) is 29.9. The Morgan fingerprint density at radius 1 is 0.727 bits per heavy atom. The van der Waals surface area contributed by atoms with Crippen molar-refractivity contribution in [3.05, 3.63) is 149 Å². The minimum atomic E-state index is -1.09. The molecule has 1 heterocycles. The highest BCUT2D eigenvalue weighted by atomic mass is 16.5. The number of rotatable bonds is 12. The summed E-state index contributed by atoms with van der Waals surface area (Å²) < 4.78 is 15.3. The zero-order valence-electron chi connectivity index (χ0n) is 29.9. The summed E-state index contributed by atoms with van der Waals surface area (Å²) in [7, 11) is 2.92. The van der Waals surface area contributed by atoms with Gasteiger partial charge in [0, 0.05) is 46.8 Å². The normalized spacial score (nSPS) is 10.6. The number of pyridine rings is 1. The first-order valence-electron chi connectivity index (χ1n) is 17.1. The lowest BCUT2D eigenvalue weighted by Gasteiger charge is -2.11. The monoisotopic (exact) mass is 733 g/mol. The van der Waals surface area contributed by atoms with Crippen LogP contribution in [0.4, 0.5) is 11.4 Å². The van der Waals surface area contributed by atoms with Gasteiger partial charge in [0.05, 0.1) is 31.5 Å². The molecular weight excluding hydrogens is 698 g/mol. The Bertz CT molecular complexity index is 2430. The van der Waals surface area contributed by atoms with Crippen LogP contribution in [0.25, 0.3) is 33.0 Å². The minimum Gasteiger partial charge on any atom is -0.478 e. The van der Waals surface area contributed by atoms with Gasteiger partial charge in [-0.1, -0.05) is 72.5 Å². The number of aromatic carboxylic acids is 1. The van der Waals surface area contributed by atoms with Crippen molar-refractivity contribution < 1.29 is 38.5 Å². The van der Waals surface area contributed by atoms with Crippen LogP contribution in [0.3, 0.4) is 0 Å². The van der Waals surface area contributed by atoms with Gasteiger partial charge in [-0.2, -0.15) is 0 Å². The molecule has 0 aliphatic heterocycles. The lowest BCUT2D eigenvalue weighted by Crippen LogP contribution is -2.14. The second-order valence-electron chi connectivity index (χ2n) is 12.1. The van der Waals surface area contributed by atoms with Crippen molar-refractivity contribution in [2.45, 2.75) is 0 Å². The number of hydrogen-bond donors (Lipinski definition) is 3. The maximum atomic E-state index is 13.4. The number of nitrogens with zero attached hydrogens (tertiary/aromatic N) is 1. The quantitative estimate of drug-likeness (QED) is 0.0657. The summed E-state index contributed by atoms with van der Waals surface area (Å²) in [5.74, 6) is 3.77. The topological polar surface area (TPSA) is 153 Å². The molecule has 55 heavy (non-hydrogen) atoms. The Labute approximate surface area is 316 Å². The third kappa shape index (κ3) is 9.09. The number of benzene rings is 5. The number of carbonyl (C=O) groups is 4. The number of hydrogen-bond acceptors (Lipinski definition) is 8. The highest BCUT2D eigenvalue weighted by molar-refractivity contribution is 6.14. The van der Waals surface area contributed by atoms with Crippen LogP contribution < -0.4 is 10.6 Å². The summed E-state index contributed by atoms with van der Waals surface area (Å²) in [4.78, 5) is 54.6. The number of methoxy groups -OCH3 is 2. The molecule has 0 unspecified atom stereocenters. The van der Waals surface area contributed by atoms with Crippen LogP contribution in [0.2, 0.25) is 0 Å². The van der Waals surface area contributed by atoms with Gasteiger partial charge in [0.1, 0.15) is 12.3 Å². The van der Waals surface area contributed by atoms with E-state index in [0.717, 1.165) is 22.3 Å². The Morgan fingerprint density at radius 2 is 1.44 bits per heavy atom. The van der Waals surface area contributed by atoms with Crippen molar-refractivity contribution in [1.82, 2.24) is 4.98 Å². The summed E-state index contributed by atoms with van der Waals surface area (Å²) in [5.41, 5.74) is 5.74. The molecule has 0 spiro atoms. The van der Waals surface area contributed by atoms with Crippen molar-refractivity contribution >= 4 is 45.9 Å². The number of anilines is 2. The van der Waals surface area contributed by atoms with E-state index in [-0.39, 0.29) is 23.8 Å². The van der Waals surface area contributed by atoms with Gasteiger partial charge in [-0.3, -0.25) is 14.6 Å². The Balaban J connectivity index is 1.14. The molecule has 0 saturated carbocycles. The van der Waals surface area contributed by atoms with Gasteiger partial charge < -0.3 is 30.0 Å². The SMILES string of the molecule is COCCOCC#Cc1cc(C(=O)Nc2ccc(-c3ccc(C(=O)Nc4cccc5cccc(C(=O)O)c45)nc3)cc2)ccc1-c1ccc(C(=O)OC)cc1. The van der Waals surface area contributed by atoms with E-state index in [9.17, 15) is 24.3 Å². The van der Waals surface area contributed by atoms with Crippen LogP contribution in [0, 0.1) is 11.8 Å². The number of aromatic nitrogens is 1. The summed E-state index contributed by atoms with van der Waals surface area (Å²) in [6.07, 6.45) is 1.57. The molecule has 0 aliphatic rings. The molecule has 6 aromatic rings. The van der Waals surface area contributed by atoms with Gasteiger partial charge in [0.25, 0.3) is 11.8 Å². The van der Waals surface area contributed by atoms with E-state index in [0.29, 0.717) is 52.1 Å². The van der Waals surface area contributed by atoms with Gasteiger partial charge in [0.2, 0.25) is 0 Å². The van der Waals surface area contributed by atoms with Crippen LogP contribution in [0.5, 0.6) is 0 Å². The second-order valence-corrected chi connectivity index (χ2v) is 12.1. The molecule has 1 aromatic heterocycles. The first-order chi connectivity index (χ1) is 26.7. The van der Waals surface area contributed by atoms with Crippen molar-refractivity contribution in [1.29, 1.82) is 0 Å². The molecule has 5 aromatic carbocycles. The fraction of sp³-hybridized carbons (Fsp3) is 0.114. The van der Waals surface area contributed by atoms with E-state index < -0.39 is 17.8 Å². The molecule has 0 atom stereocenters. The van der Waals surface area contributed by atoms with E-state index in [1.165, 1.54) is 13.2 Å². The van der Waals surface area contributed by atoms with E-state index in [1.807, 2.05) is 18.2 Å². The van der Waals surface area contributed by atoms with Gasteiger partial charge >= 0.3 is 11.9 Å². The highest BCUT2D eigenvalue weighted by Gasteiger charge is 2.16. The molecule has 3 N–H and O–H groups in total. The third-order valence-corrected chi connectivity index (χ3v) is 8.58. The van der Waals surface area contributed by atoms with Gasteiger partial charge in [-0.25, -0.2) is 9.59 Å². The molecule has 274 valence electrons. The van der Waals surface area contributed by atoms with Gasteiger partial charge in [-0.05, 0) is 76.7 Å². The third-order valence-electron chi connectivity index (χ3n) is 8.58. The predicted octanol–water partition coefficient (Wildman–Crippen LogP) is 7.57. The zero-order chi connectivity index (χ0) is 38.7. The first kappa shape index (κ1) is 37.6. The minimum absolute atomic E-state index is 0.0877. The lowest BCUT2D eigenvalue weighted by molar-refractivity contribution is 0.0599. The van der Waals surface area contributed by atoms with Crippen LogP contribution in [-0.2, 0) is 14.2 Å². The molecule has 0 fully saturated rings. The molecular formula is C44H35N3O8. The fourth-order valence-electron chi connectivity index (χ4n) is 5.80. The number of carboxylic acids is 1. The Hall–Kier alpha value is -7.13. The van der Waals surface area contributed by atoms with Gasteiger partial charge in [-0.15, -0.1) is 0 Å². The van der Waals surface area contributed by atoms with Crippen molar-refractivity contribution in [2.24, 2.45) is 0 Å². The average molecular weight is 734 g/mol. The second kappa shape index (κ2) is 17.6.